The fourth-order valence-corrected chi connectivity index (χ4v) is 2.23. The summed E-state index contributed by atoms with van der Waals surface area (Å²) in [6.07, 6.45) is 3.08. The topological polar surface area (TPSA) is 93.0 Å². The van der Waals surface area contributed by atoms with E-state index in [0.29, 0.717) is 0 Å². The Bertz CT molecular complexity index is 809. The van der Waals surface area contributed by atoms with Crippen LogP contribution in [0.25, 0.3) is 0 Å². The molecule has 22 heavy (non-hydrogen) atoms. The van der Waals surface area contributed by atoms with Crippen LogP contribution in [0.4, 0.5) is 5.82 Å². The normalized spacial score (nSPS) is 11.9. The predicted molar refractivity (Wildman–Crippen MR) is 81.8 cm³/mol. The zero-order valence-corrected chi connectivity index (χ0v) is 12.8. The first kappa shape index (κ1) is 15.6. The van der Waals surface area contributed by atoms with Gasteiger partial charge < -0.3 is 9.73 Å². The smallest absolute Gasteiger partial charge is 0.332 e. The molecule has 0 saturated carbocycles. The van der Waals surface area contributed by atoms with Gasteiger partial charge in [-0.15, -0.1) is 0 Å². The van der Waals surface area contributed by atoms with Crippen molar-refractivity contribution < 1.29 is 4.42 Å². The molecule has 2 rings (SSSR count). The molecule has 1 N–H and O–H groups in total. The quantitative estimate of drug-likeness (QED) is 0.888. The molecule has 0 aliphatic carbocycles. The zero-order chi connectivity index (χ0) is 16.3. The first-order chi connectivity index (χ1) is 10.5. The maximum atomic E-state index is 12.0. The number of hydrogen-bond acceptors (Lipinski definition) is 5. The van der Waals surface area contributed by atoms with E-state index in [1.807, 2.05) is 25.1 Å². The molecule has 0 spiro atoms. The van der Waals surface area contributed by atoms with Gasteiger partial charge in [-0.1, -0.05) is 0 Å². The van der Waals surface area contributed by atoms with E-state index in [1.54, 1.807) is 6.26 Å². The van der Waals surface area contributed by atoms with E-state index in [2.05, 4.69) is 5.32 Å². The summed E-state index contributed by atoms with van der Waals surface area (Å²) in [6.45, 7) is 1.92. The Hall–Kier alpha value is -2.75. The molecule has 1 unspecified atom stereocenters. The van der Waals surface area contributed by atoms with Crippen LogP contribution in [0, 0.1) is 11.3 Å². The lowest BCUT2D eigenvalue weighted by Crippen LogP contribution is -2.40. The fourth-order valence-electron chi connectivity index (χ4n) is 2.23. The van der Waals surface area contributed by atoms with E-state index in [4.69, 9.17) is 4.42 Å². The first-order valence-corrected chi connectivity index (χ1v) is 6.94. The highest BCUT2D eigenvalue weighted by Gasteiger charge is 2.17. The second-order valence-corrected chi connectivity index (χ2v) is 5.20. The Morgan fingerprint density at radius 3 is 2.68 bits per heavy atom. The van der Waals surface area contributed by atoms with Crippen LogP contribution in [0.1, 0.15) is 24.7 Å². The summed E-state index contributed by atoms with van der Waals surface area (Å²) < 4.78 is 7.48. The molecule has 2 aromatic heterocycles. The number of hydrogen-bond donors (Lipinski definition) is 1. The van der Waals surface area contributed by atoms with Crippen LogP contribution in [0.3, 0.4) is 0 Å². The molecule has 0 aliphatic heterocycles. The molecule has 0 amide bonds. The molecule has 7 nitrogen and oxygen atoms in total. The van der Waals surface area contributed by atoms with E-state index < -0.39 is 11.2 Å². The third kappa shape index (κ3) is 2.96. The Morgan fingerprint density at radius 1 is 1.36 bits per heavy atom. The molecule has 0 fully saturated rings. The van der Waals surface area contributed by atoms with Gasteiger partial charge in [-0.25, -0.2) is 4.79 Å². The van der Waals surface area contributed by atoms with Crippen molar-refractivity contribution >= 4 is 5.82 Å². The highest BCUT2D eigenvalue weighted by atomic mass is 16.3. The molecule has 0 aliphatic rings. The summed E-state index contributed by atoms with van der Waals surface area (Å²) in [5, 5.41) is 12.3. The van der Waals surface area contributed by atoms with Crippen molar-refractivity contribution in [3.63, 3.8) is 0 Å². The van der Waals surface area contributed by atoms with Gasteiger partial charge in [-0.05, 0) is 25.5 Å². The van der Waals surface area contributed by atoms with E-state index >= 15 is 0 Å². The summed E-state index contributed by atoms with van der Waals surface area (Å²) in [5.74, 6) is 1.12. The third-order valence-corrected chi connectivity index (χ3v) is 3.56. The summed E-state index contributed by atoms with van der Waals surface area (Å²) in [5.41, 5.74) is -1.12. The lowest BCUT2D eigenvalue weighted by atomic mass is 10.1. The minimum absolute atomic E-state index is 0.0325. The van der Waals surface area contributed by atoms with Crippen molar-refractivity contribution in [2.24, 2.45) is 14.1 Å². The number of aryl methyl sites for hydroxylation is 1. The summed E-state index contributed by atoms with van der Waals surface area (Å²) in [6, 6.07) is 5.56. The van der Waals surface area contributed by atoms with Crippen molar-refractivity contribution in [1.82, 2.24) is 9.13 Å². The number of nitrogens with zero attached hydrogens (tertiary/aromatic N) is 3. The molecular weight excluding hydrogens is 284 g/mol. The number of furan rings is 1. The van der Waals surface area contributed by atoms with E-state index in [-0.39, 0.29) is 17.4 Å². The molecule has 0 bridgehead atoms. The molecule has 0 aromatic carbocycles. The highest BCUT2D eigenvalue weighted by molar-refractivity contribution is 5.51. The van der Waals surface area contributed by atoms with Crippen LogP contribution < -0.4 is 16.6 Å². The Labute approximate surface area is 127 Å². The summed E-state index contributed by atoms with van der Waals surface area (Å²) >= 11 is 0. The van der Waals surface area contributed by atoms with Crippen LogP contribution in [0.5, 0.6) is 0 Å². The average molecular weight is 302 g/mol. The number of rotatable bonds is 5. The van der Waals surface area contributed by atoms with Crippen molar-refractivity contribution in [3.8, 4) is 6.07 Å². The van der Waals surface area contributed by atoms with Crippen LogP contribution in [0.2, 0.25) is 0 Å². The van der Waals surface area contributed by atoms with Gasteiger partial charge >= 0.3 is 5.69 Å². The number of anilines is 1. The second-order valence-electron chi connectivity index (χ2n) is 5.20. The van der Waals surface area contributed by atoms with Crippen molar-refractivity contribution in [2.75, 3.05) is 5.32 Å². The van der Waals surface area contributed by atoms with E-state index in [0.717, 1.165) is 23.2 Å². The average Bonchev–Trinajstić information content (AvgIpc) is 3.02. The van der Waals surface area contributed by atoms with Crippen molar-refractivity contribution in [3.05, 3.63) is 50.6 Å². The minimum Gasteiger partial charge on any atom is -0.469 e. The monoisotopic (exact) mass is 302 g/mol. The van der Waals surface area contributed by atoms with Gasteiger partial charge in [0.05, 0.1) is 6.26 Å². The third-order valence-electron chi connectivity index (χ3n) is 3.56. The van der Waals surface area contributed by atoms with Crippen LogP contribution >= 0.6 is 0 Å². The van der Waals surface area contributed by atoms with E-state index in [1.165, 1.54) is 18.7 Å². The van der Waals surface area contributed by atoms with Crippen LogP contribution in [-0.2, 0) is 20.5 Å². The highest BCUT2D eigenvalue weighted by Crippen LogP contribution is 2.12. The molecular formula is C15H18N4O3. The fraction of sp³-hybridized carbons (Fsp3) is 0.400. The molecule has 1 atom stereocenters. The Morgan fingerprint density at radius 2 is 2.09 bits per heavy atom. The number of aromatic nitrogens is 2. The molecule has 0 radical (unpaired) electrons. The SMILES string of the molecule is CC(CCc1ccco1)Nc1c(C#N)c(=O)n(C)c(=O)n1C. The summed E-state index contributed by atoms with van der Waals surface area (Å²) in [7, 11) is 2.89. The number of nitriles is 1. The van der Waals surface area contributed by atoms with Gasteiger partial charge in [0.25, 0.3) is 5.56 Å². The predicted octanol–water partition coefficient (Wildman–Crippen LogP) is 0.982. The molecule has 2 heterocycles. The van der Waals surface area contributed by atoms with Crippen LogP contribution in [-0.4, -0.2) is 15.2 Å². The maximum Gasteiger partial charge on any atom is 0.332 e. The second kappa shape index (κ2) is 6.35. The lowest BCUT2D eigenvalue weighted by molar-refractivity contribution is 0.494. The van der Waals surface area contributed by atoms with Gasteiger partial charge in [-0.2, -0.15) is 5.26 Å². The number of nitrogens with one attached hydrogen (secondary N) is 1. The first-order valence-electron chi connectivity index (χ1n) is 6.94. The molecule has 116 valence electrons. The molecule has 7 heteroatoms. The zero-order valence-electron chi connectivity index (χ0n) is 12.8. The molecule has 0 saturated heterocycles. The van der Waals surface area contributed by atoms with Gasteiger partial charge in [-0.3, -0.25) is 13.9 Å². The van der Waals surface area contributed by atoms with Crippen LogP contribution in [0.15, 0.2) is 32.4 Å². The maximum absolute atomic E-state index is 12.0. The van der Waals surface area contributed by atoms with Crippen molar-refractivity contribution in [2.45, 2.75) is 25.8 Å². The van der Waals surface area contributed by atoms with Gasteiger partial charge in [0.2, 0.25) is 0 Å². The Kier molecular flexibility index (Phi) is 4.51. The molecule has 2 aromatic rings. The Balaban J connectivity index is 2.24. The van der Waals surface area contributed by atoms with E-state index in [9.17, 15) is 14.9 Å². The largest absolute Gasteiger partial charge is 0.469 e. The minimum atomic E-state index is -0.591. The summed E-state index contributed by atoms with van der Waals surface area (Å²) in [4.78, 5) is 24.0. The standard InChI is InChI=1S/C15H18N4O3/c1-10(6-7-11-5-4-8-22-11)17-13-12(9-16)14(20)19(3)15(21)18(13)2/h4-5,8,10,17H,6-7H2,1-3H3. The van der Waals surface area contributed by atoms with Gasteiger partial charge in [0.1, 0.15) is 17.6 Å². The van der Waals surface area contributed by atoms with Gasteiger partial charge in [0, 0.05) is 26.6 Å². The van der Waals surface area contributed by atoms with Gasteiger partial charge in [0.15, 0.2) is 5.56 Å². The van der Waals surface area contributed by atoms with Crippen molar-refractivity contribution in [1.29, 1.82) is 5.26 Å². The lowest BCUT2D eigenvalue weighted by Gasteiger charge is -2.18.